The molecule has 1 amide bonds. The van der Waals surface area contributed by atoms with E-state index in [2.05, 4.69) is 10.6 Å². The van der Waals surface area contributed by atoms with Crippen molar-refractivity contribution in [3.8, 4) is 0 Å². The Morgan fingerprint density at radius 2 is 1.82 bits per heavy atom. The molecule has 0 bridgehead atoms. The molecule has 6 N–H and O–H groups in total. The highest BCUT2D eigenvalue weighted by Gasteiger charge is 2.45. The zero-order chi connectivity index (χ0) is 16.3. The summed E-state index contributed by atoms with van der Waals surface area (Å²) in [7, 11) is 0. The molecule has 1 aliphatic heterocycles. The molecule has 1 saturated heterocycles. The largest absolute Gasteiger partial charge is 0.394 e. The first-order valence-corrected chi connectivity index (χ1v) is 6.87. The van der Waals surface area contributed by atoms with E-state index < -0.39 is 37.3 Å². The Balaban J connectivity index is 2.00. The molecule has 0 unspecified atom stereocenters. The third-order valence-electron chi connectivity index (χ3n) is 3.38. The molecule has 8 heteroatoms. The molecule has 1 heterocycles. The molecule has 0 saturated carbocycles. The highest BCUT2D eigenvalue weighted by Crippen LogP contribution is 2.25. The van der Waals surface area contributed by atoms with Gasteiger partial charge in [0.05, 0.1) is 6.61 Å². The molecule has 0 radical (unpaired) electrons. The van der Waals surface area contributed by atoms with E-state index in [1.54, 1.807) is 24.3 Å². The molecule has 22 heavy (non-hydrogen) atoms. The number of carbonyl (C=O) groups excluding carboxylic acids is 1. The second-order valence-electron chi connectivity index (χ2n) is 5.16. The number of hydrogen-bond donors (Lipinski definition) is 6. The number of rotatable bonds is 5. The second kappa shape index (κ2) is 7.03. The molecular weight excluding hydrogens is 292 g/mol. The fourth-order valence-electron chi connectivity index (χ4n) is 2.26. The van der Waals surface area contributed by atoms with Crippen molar-refractivity contribution < 1.29 is 30.0 Å². The van der Waals surface area contributed by atoms with E-state index >= 15 is 0 Å². The minimum absolute atomic E-state index is 0.181. The van der Waals surface area contributed by atoms with Crippen molar-refractivity contribution >= 4 is 17.3 Å². The number of aliphatic hydroxyl groups excluding tert-OH is 4. The summed E-state index contributed by atoms with van der Waals surface area (Å²) in [6.45, 7) is 0.829. The maximum atomic E-state index is 10.9. The Bertz CT molecular complexity index is 509. The number of hydrogen-bond acceptors (Lipinski definition) is 7. The molecule has 1 aliphatic rings. The first-order chi connectivity index (χ1) is 10.4. The average molecular weight is 312 g/mol. The summed E-state index contributed by atoms with van der Waals surface area (Å²) in [4.78, 5) is 10.9. The van der Waals surface area contributed by atoms with Crippen LogP contribution in [-0.2, 0) is 9.53 Å². The smallest absolute Gasteiger partial charge is 0.221 e. The molecule has 0 aliphatic carbocycles. The van der Waals surface area contributed by atoms with Gasteiger partial charge in [0.2, 0.25) is 5.91 Å². The minimum Gasteiger partial charge on any atom is -0.394 e. The molecule has 122 valence electrons. The van der Waals surface area contributed by atoms with Gasteiger partial charge in [0.15, 0.2) is 6.23 Å². The molecule has 1 fully saturated rings. The third-order valence-corrected chi connectivity index (χ3v) is 3.38. The van der Waals surface area contributed by atoms with E-state index in [-0.39, 0.29) is 5.91 Å². The molecule has 1 aromatic carbocycles. The lowest BCUT2D eigenvalue weighted by Gasteiger charge is -2.19. The summed E-state index contributed by atoms with van der Waals surface area (Å²) in [5, 5.41) is 43.7. The van der Waals surface area contributed by atoms with Gasteiger partial charge in [0, 0.05) is 18.3 Å². The van der Waals surface area contributed by atoms with Crippen LogP contribution in [0.2, 0.25) is 0 Å². The van der Waals surface area contributed by atoms with Crippen LogP contribution in [0, 0.1) is 0 Å². The summed E-state index contributed by atoms with van der Waals surface area (Å²) in [6.07, 6.45) is -5.83. The van der Waals surface area contributed by atoms with Crippen molar-refractivity contribution in [1.29, 1.82) is 0 Å². The van der Waals surface area contributed by atoms with E-state index in [0.717, 1.165) is 0 Å². The van der Waals surface area contributed by atoms with Crippen LogP contribution >= 0.6 is 0 Å². The van der Waals surface area contributed by atoms with Gasteiger partial charge >= 0.3 is 0 Å². The van der Waals surface area contributed by atoms with Gasteiger partial charge in [-0.15, -0.1) is 0 Å². The Morgan fingerprint density at radius 1 is 1.23 bits per heavy atom. The van der Waals surface area contributed by atoms with Crippen molar-refractivity contribution in [3.63, 3.8) is 0 Å². The number of nitrogens with one attached hydrogen (secondary N) is 2. The van der Waals surface area contributed by atoms with E-state index in [0.29, 0.717) is 11.4 Å². The summed E-state index contributed by atoms with van der Waals surface area (Å²) in [6, 6.07) is 6.68. The highest BCUT2D eigenvalue weighted by atomic mass is 16.6. The number of aliphatic hydroxyl groups is 4. The maximum absolute atomic E-state index is 10.9. The van der Waals surface area contributed by atoms with E-state index in [1.165, 1.54) is 6.92 Å². The van der Waals surface area contributed by atoms with Crippen LogP contribution < -0.4 is 10.6 Å². The predicted molar refractivity (Wildman–Crippen MR) is 78.1 cm³/mol. The zero-order valence-corrected chi connectivity index (χ0v) is 12.0. The summed E-state index contributed by atoms with van der Waals surface area (Å²) in [5.41, 5.74) is 1.23. The lowest BCUT2D eigenvalue weighted by atomic mass is 10.1. The zero-order valence-electron chi connectivity index (χ0n) is 12.0. The number of ether oxygens (including phenoxy) is 1. The van der Waals surface area contributed by atoms with Gasteiger partial charge in [-0.25, -0.2) is 0 Å². The molecule has 0 spiro atoms. The van der Waals surface area contributed by atoms with Gasteiger partial charge in [-0.3, -0.25) is 4.79 Å². The monoisotopic (exact) mass is 312 g/mol. The van der Waals surface area contributed by atoms with Gasteiger partial charge in [-0.05, 0) is 24.3 Å². The summed E-state index contributed by atoms with van der Waals surface area (Å²) >= 11 is 0. The fourth-order valence-corrected chi connectivity index (χ4v) is 2.26. The molecule has 5 atom stereocenters. The first-order valence-electron chi connectivity index (χ1n) is 6.87. The second-order valence-corrected chi connectivity index (χ2v) is 5.16. The number of amides is 1. The van der Waals surface area contributed by atoms with Crippen molar-refractivity contribution in [2.24, 2.45) is 0 Å². The number of anilines is 2. The topological polar surface area (TPSA) is 131 Å². The Hall–Kier alpha value is -1.71. The van der Waals surface area contributed by atoms with E-state index in [9.17, 15) is 20.1 Å². The normalized spacial score (nSPS) is 29.1. The average Bonchev–Trinajstić information content (AvgIpc) is 2.76. The van der Waals surface area contributed by atoms with Gasteiger partial charge in [-0.2, -0.15) is 0 Å². The molecular formula is C14H20N2O6. The fraction of sp³-hybridized carbons (Fsp3) is 0.500. The Kier molecular flexibility index (Phi) is 5.33. The highest BCUT2D eigenvalue weighted by molar-refractivity contribution is 5.88. The predicted octanol–water partition coefficient (Wildman–Crippen LogP) is -1.14. The minimum atomic E-state index is -1.31. The maximum Gasteiger partial charge on any atom is 0.221 e. The number of benzene rings is 1. The van der Waals surface area contributed by atoms with Gasteiger partial charge in [0.1, 0.15) is 24.4 Å². The van der Waals surface area contributed by atoms with Crippen LogP contribution in [0.25, 0.3) is 0 Å². The van der Waals surface area contributed by atoms with Crippen LogP contribution in [0.4, 0.5) is 11.4 Å². The quantitative estimate of drug-likeness (QED) is 0.405. The third kappa shape index (κ3) is 3.73. The Labute approximate surface area is 127 Å². The van der Waals surface area contributed by atoms with Crippen molar-refractivity contribution in [1.82, 2.24) is 0 Å². The van der Waals surface area contributed by atoms with Crippen molar-refractivity contribution in [3.05, 3.63) is 24.3 Å². The molecule has 2 rings (SSSR count). The van der Waals surface area contributed by atoms with E-state index in [1.807, 2.05) is 0 Å². The Morgan fingerprint density at radius 3 is 2.36 bits per heavy atom. The van der Waals surface area contributed by atoms with Crippen LogP contribution in [0.1, 0.15) is 6.92 Å². The van der Waals surface area contributed by atoms with Crippen LogP contribution in [0.3, 0.4) is 0 Å². The SMILES string of the molecule is CC(=O)Nc1ccc(N[C@@H]2O[C@H]([C@H](O)CO)[C@@H](O)[C@H]2O)cc1. The van der Waals surface area contributed by atoms with Gasteiger partial charge < -0.3 is 35.8 Å². The first kappa shape index (κ1) is 16.7. The van der Waals surface area contributed by atoms with Gasteiger partial charge in [0.25, 0.3) is 0 Å². The van der Waals surface area contributed by atoms with Crippen LogP contribution in [-0.4, -0.2) is 63.6 Å². The lowest BCUT2D eigenvalue weighted by molar-refractivity contribution is -0.114. The standard InChI is InChI=1S/C14H20N2O6/c1-7(18)15-8-2-4-9(5-3-8)16-14-12(21)11(20)13(22-14)10(19)6-17/h2-5,10-14,16-17,19-21H,6H2,1H3,(H,15,18)/t10-,11+,12-,13-,14-/m1/s1. The molecule has 0 aromatic heterocycles. The van der Waals surface area contributed by atoms with Crippen molar-refractivity contribution in [2.45, 2.75) is 37.6 Å². The molecule has 1 aromatic rings. The van der Waals surface area contributed by atoms with Crippen LogP contribution in [0.15, 0.2) is 24.3 Å². The van der Waals surface area contributed by atoms with E-state index in [4.69, 9.17) is 9.84 Å². The summed E-state index contributed by atoms with van der Waals surface area (Å²) in [5.74, 6) is -0.181. The van der Waals surface area contributed by atoms with Gasteiger partial charge in [-0.1, -0.05) is 0 Å². The molecule has 8 nitrogen and oxygen atoms in total. The summed E-state index contributed by atoms with van der Waals surface area (Å²) < 4.78 is 5.35. The number of carbonyl (C=O) groups is 1. The van der Waals surface area contributed by atoms with Crippen LogP contribution in [0.5, 0.6) is 0 Å². The lowest BCUT2D eigenvalue weighted by Crippen LogP contribution is -2.40. The van der Waals surface area contributed by atoms with Crippen molar-refractivity contribution in [2.75, 3.05) is 17.2 Å².